The van der Waals surface area contributed by atoms with Crippen LogP contribution in [-0.2, 0) is 16.9 Å². The summed E-state index contributed by atoms with van der Waals surface area (Å²) in [4.78, 5) is 14.3. The molecule has 0 saturated carbocycles. The number of nitriles is 1. The highest BCUT2D eigenvalue weighted by Gasteiger charge is 2.35. The third kappa shape index (κ3) is 3.98. The van der Waals surface area contributed by atoms with E-state index >= 15 is 0 Å². The maximum atomic E-state index is 12.5. The molecular formula is C20H21N3O2. The fraction of sp³-hybridized carbons (Fsp3) is 0.300. The molecule has 1 aliphatic rings. The van der Waals surface area contributed by atoms with Crippen LogP contribution in [0.2, 0.25) is 0 Å². The molecular weight excluding hydrogens is 314 g/mol. The van der Waals surface area contributed by atoms with Crippen molar-refractivity contribution >= 4 is 6.03 Å². The van der Waals surface area contributed by atoms with Gasteiger partial charge < -0.3 is 15.0 Å². The summed E-state index contributed by atoms with van der Waals surface area (Å²) in [6.07, 6.45) is 0. The molecule has 1 atom stereocenters. The van der Waals surface area contributed by atoms with Crippen LogP contribution in [0, 0.1) is 11.3 Å². The Morgan fingerprint density at radius 3 is 2.84 bits per heavy atom. The molecule has 5 nitrogen and oxygen atoms in total. The molecule has 1 saturated heterocycles. The van der Waals surface area contributed by atoms with Gasteiger partial charge in [0.25, 0.3) is 0 Å². The second-order valence-corrected chi connectivity index (χ2v) is 6.34. The number of hydrogen-bond acceptors (Lipinski definition) is 3. The zero-order chi connectivity index (χ0) is 17.7. The summed E-state index contributed by atoms with van der Waals surface area (Å²) < 4.78 is 5.97. The number of carbonyl (C=O) groups excluding carboxylic acids is 1. The Morgan fingerprint density at radius 2 is 2.08 bits per heavy atom. The first-order chi connectivity index (χ1) is 12.1. The molecule has 1 heterocycles. The summed E-state index contributed by atoms with van der Waals surface area (Å²) in [7, 11) is 0. The van der Waals surface area contributed by atoms with Crippen LogP contribution in [0.15, 0.2) is 54.6 Å². The van der Waals surface area contributed by atoms with E-state index in [0.29, 0.717) is 31.8 Å². The minimum atomic E-state index is -0.502. The lowest BCUT2D eigenvalue weighted by Gasteiger charge is -2.40. The number of rotatable bonds is 3. The number of ether oxygens (including phenoxy) is 1. The summed E-state index contributed by atoms with van der Waals surface area (Å²) in [5, 5.41) is 11.9. The van der Waals surface area contributed by atoms with E-state index in [-0.39, 0.29) is 6.03 Å². The lowest BCUT2D eigenvalue weighted by atomic mass is 9.94. The van der Waals surface area contributed by atoms with E-state index in [0.717, 1.165) is 11.1 Å². The van der Waals surface area contributed by atoms with E-state index in [1.807, 2.05) is 49.4 Å². The largest absolute Gasteiger partial charge is 0.367 e. The lowest BCUT2D eigenvalue weighted by Crippen LogP contribution is -2.53. The van der Waals surface area contributed by atoms with Gasteiger partial charge in [0.1, 0.15) is 5.60 Å². The average Bonchev–Trinajstić information content (AvgIpc) is 2.67. The molecule has 1 N–H and O–H groups in total. The Labute approximate surface area is 147 Å². The average molecular weight is 335 g/mol. The Bertz CT molecular complexity index is 785. The van der Waals surface area contributed by atoms with Crippen molar-refractivity contribution in [3.63, 3.8) is 0 Å². The van der Waals surface area contributed by atoms with Gasteiger partial charge in [-0.15, -0.1) is 0 Å². The van der Waals surface area contributed by atoms with Crippen molar-refractivity contribution in [3.8, 4) is 6.07 Å². The maximum Gasteiger partial charge on any atom is 0.317 e. The van der Waals surface area contributed by atoms with Crippen molar-refractivity contribution < 1.29 is 9.53 Å². The van der Waals surface area contributed by atoms with Gasteiger partial charge in [0.05, 0.1) is 24.8 Å². The first-order valence-electron chi connectivity index (χ1n) is 8.32. The summed E-state index contributed by atoms with van der Waals surface area (Å²) in [6, 6.07) is 19.2. The number of carbonyl (C=O) groups is 1. The number of nitrogens with zero attached hydrogens (tertiary/aromatic N) is 2. The third-order valence-corrected chi connectivity index (χ3v) is 4.45. The standard InChI is InChI=1S/C20H21N3O2/c1-20(18-8-3-2-4-9-18)15-23(10-11-25-20)19(24)22-14-17-7-5-6-16(12-17)13-21/h2-9,12H,10-11,14-15H2,1H3,(H,22,24). The smallest absolute Gasteiger partial charge is 0.317 e. The van der Waals surface area contributed by atoms with Crippen LogP contribution in [0.25, 0.3) is 0 Å². The molecule has 0 bridgehead atoms. The number of urea groups is 1. The minimum Gasteiger partial charge on any atom is -0.367 e. The van der Waals surface area contributed by atoms with Gasteiger partial charge in [0, 0.05) is 13.1 Å². The SMILES string of the molecule is CC1(c2ccccc2)CN(C(=O)NCc2cccc(C#N)c2)CCO1. The molecule has 128 valence electrons. The summed E-state index contributed by atoms with van der Waals surface area (Å²) in [6.45, 7) is 3.97. The van der Waals surface area contributed by atoms with E-state index in [1.54, 1.807) is 17.0 Å². The molecule has 0 radical (unpaired) electrons. The molecule has 25 heavy (non-hydrogen) atoms. The van der Waals surface area contributed by atoms with E-state index in [9.17, 15) is 4.79 Å². The third-order valence-electron chi connectivity index (χ3n) is 4.45. The van der Waals surface area contributed by atoms with Crippen LogP contribution in [-0.4, -0.2) is 30.6 Å². The molecule has 3 rings (SSSR count). The summed E-state index contributed by atoms with van der Waals surface area (Å²) in [5.41, 5.74) is 2.06. The highest BCUT2D eigenvalue weighted by Crippen LogP contribution is 2.29. The van der Waals surface area contributed by atoms with Crippen molar-refractivity contribution in [2.75, 3.05) is 19.7 Å². The van der Waals surface area contributed by atoms with Gasteiger partial charge in [0.2, 0.25) is 0 Å². The van der Waals surface area contributed by atoms with Crippen molar-refractivity contribution in [3.05, 3.63) is 71.3 Å². The molecule has 0 aliphatic carbocycles. The topological polar surface area (TPSA) is 65.4 Å². The second-order valence-electron chi connectivity index (χ2n) is 6.34. The van der Waals surface area contributed by atoms with E-state index in [4.69, 9.17) is 10.00 Å². The van der Waals surface area contributed by atoms with Crippen molar-refractivity contribution in [2.24, 2.45) is 0 Å². The Hall–Kier alpha value is -2.84. The Balaban J connectivity index is 1.63. The fourth-order valence-electron chi connectivity index (χ4n) is 3.05. The number of amides is 2. The van der Waals surface area contributed by atoms with Gasteiger partial charge in [-0.25, -0.2) is 4.79 Å². The van der Waals surface area contributed by atoms with Gasteiger partial charge in [-0.1, -0.05) is 42.5 Å². The molecule has 1 unspecified atom stereocenters. The molecule has 1 aliphatic heterocycles. The van der Waals surface area contributed by atoms with Crippen molar-refractivity contribution in [2.45, 2.75) is 19.1 Å². The van der Waals surface area contributed by atoms with Crippen LogP contribution >= 0.6 is 0 Å². The van der Waals surface area contributed by atoms with Gasteiger partial charge in [0.15, 0.2) is 0 Å². The summed E-state index contributed by atoms with van der Waals surface area (Å²) in [5.74, 6) is 0. The van der Waals surface area contributed by atoms with Crippen LogP contribution in [0.5, 0.6) is 0 Å². The van der Waals surface area contributed by atoms with Crippen LogP contribution < -0.4 is 5.32 Å². The number of morpholine rings is 1. The van der Waals surface area contributed by atoms with Crippen LogP contribution in [0.3, 0.4) is 0 Å². The molecule has 2 aromatic rings. The first-order valence-corrected chi connectivity index (χ1v) is 8.32. The van der Waals surface area contributed by atoms with Gasteiger partial charge in [-0.05, 0) is 30.2 Å². The predicted octanol–water partition coefficient (Wildman–Crippen LogP) is 3.02. The van der Waals surface area contributed by atoms with E-state index < -0.39 is 5.60 Å². The maximum absolute atomic E-state index is 12.5. The highest BCUT2D eigenvalue weighted by atomic mass is 16.5. The fourth-order valence-corrected chi connectivity index (χ4v) is 3.05. The number of nitrogens with one attached hydrogen (secondary N) is 1. The molecule has 0 spiro atoms. The van der Waals surface area contributed by atoms with Crippen molar-refractivity contribution in [1.29, 1.82) is 5.26 Å². The molecule has 0 aromatic heterocycles. The van der Waals surface area contributed by atoms with Crippen LogP contribution in [0.4, 0.5) is 4.79 Å². The molecule has 1 fully saturated rings. The normalized spacial score (nSPS) is 19.9. The lowest BCUT2D eigenvalue weighted by molar-refractivity contribution is -0.0906. The predicted molar refractivity (Wildman–Crippen MR) is 94.7 cm³/mol. The van der Waals surface area contributed by atoms with Crippen molar-refractivity contribution in [1.82, 2.24) is 10.2 Å². The molecule has 2 amide bonds. The van der Waals surface area contributed by atoms with E-state index in [1.165, 1.54) is 0 Å². The van der Waals surface area contributed by atoms with Gasteiger partial charge in [-0.2, -0.15) is 5.26 Å². The Kier molecular flexibility index (Phi) is 5.01. The number of hydrogen-bond donors (Lipinski definition) is 1. The quantitative estimate of drug-likeness (QED) is 0.938. The monoisotopic (exact) mass is 335 g/mol. The first kappa shape index (κ1) is 17.0. The summed E-state index contributed by atoms with van der Waals surface area (Å²) >= 11 is 0. The van der Waals surface area contributed by atoms with Gasteiger partial charge >= 0.3 is 6.03 Å². The van der Waals surface area contributed by atoms with Crippen LogP contribution in [0.1, 0.15) is 23.6 Å². The zero-order valence-electron chi connectivity index (χ0n) is 14.2. The zero-order valence-corrected chi connectivity index (χ0v) is 14.2. The number of benzene rings is 2. The minimum absolute atomic E-state index is 0.118. The molecule has 5 heteroatoms. The van der Waals surface area contributed by atoms with E-state index in [2.05, 4.69) is 11.4 Å². The highest BCUT2D eigenvalue weighted by molar-refractivity contribution is 5.74. The van der Waals surface area contributed by atoms with Gasteiger partial charge in [-0.3, -0.25) is 0 Å². The Morgan fingerprint density at radius 1 is 1.28 bits per heavy atom. The molecule has 2 aromatic carbocycles. The second kappa shape index (κ2) is 7.37.